The molecule has 3 amide bonds. The number of nitrogens with zero attached hydrogens (tertiary/aromatic N) is 1. The molecular formula is C22H28N4O3. The van der Waals surface area contributed by atoms with Gasteiger partial charge < -0.3 is 26.0 Å². The predicted molar refractivity (Wildman–Crippen MR) is 112 cm³/mol. The monoisotopic (exact) mass is 396 g/mol. The van der Waals surface area contributed by atoms with Crippen molar-refractivity contribution in [1.29, 1.82) is 0 Å². The fraction of sp³-hybridized carbons (Fsp3) is 0.364. The number of hydrogen-bond acceptors (Lipinski definition) is 4. The van der Waals surface area contributed by atoms with Gasteiger partial charge in [0.25, 0.3) is 0 Å². The van der Waals surface area contributed by atoms with Gasteiger partial charge in [0.05, 0.1) is 12.5 Å². The molecule has 154 valence electrons. The van der Waals surface area contributed by atoms with Crippen LogP contribution < -0.4 is 21.1 Å². The molecule has 29 heavy (non-hydrogen) atoms. The smallest absolute Gasteiger partial charge is 0.312 e. The highest BCUT2D eigenvalue weighted by molar-refractivity contribution is 5.79. The molecule has 3 rings (SSSR count). The van der Waals surface area contributed by atoms with E-state index in [1.165, 1.54) is 0 Å². The molecule has 2 unspecified atom stereocenters. The van der Waals surface area contributed by atoms with Crippen molar-refractivity contribution in [2.75, 3.05) is 20.1 Å². The Hall–Kier alpha value is -3.06. The summed E-state index contributed by atoms with van der Waals surface area (Å²) in [7, 11) is 1.91. The molecule has 7 heteroatoms. The van der Waals surface area contributed by atoms with E-state index in [2.05, 4.69) is 10.6 Å². The SMILES string of the molecule is CNC1CCCN(C(=O)CC(NC(N)=O)c2cccc(Oc3ccccc3)c2)C1. The highest BCUT2D eigenvalue weighted by Gasteiger charge is 2.26. The lowest BCUT2D eigenvalue weighted by Gasteiger charge is -2.33. The molecule has 7 nitrogen and oxygen atoms in total. The fourth-order valence-corrected chi connectivity index (χ4v) is 3.59. The molecule has 4 N–H and O–H groups in total. The van der Waals surface area contributed by atoms with Gasteiger partial charge in [-0.1, -0.05) is 30.3 Å². The summed E-state index contributed by atoms with van der Waals surface area (Å²) in [6.45, 7) is 1.41. The van der Waals surface area contributed by atoms with Crippen LogP contribution in [-0.4, -0.2) is 43.0 Å². The van der Waals surface area contributed by atoms with Crippen LogP contribution in [0.15, 0.2) is 54.6 Å². The summed E-state index contributed by atoms with van der Waals surface area (Å²) in [4.78, 5) is 26.3. The van der Waals surface area contributed by atoms with Crippen LogP contribution in [0.5, 0.6) is 11.5 Å². The number of carbonyl (C=O) groups excluding carboxylic acids is 2. The van der Waals surface area contributed by atoms with Crippen molar-refractivity contribution in [2.45, 2.75) is 31.3 Å². The molecule has 0 saturated carbocycles. The normalized spacial score (nSPS) is 17.4. The highest BCUT2D eigenvalue weighted by atomic mass is 16.5. The molecule has 1 saturated heterocycles. The Bertz CT molecular complexity index is 828. The maximum atomic E-state index is 12.9. The molecule has 0 radical (unpaired) electrons. The third-order valence-electron chi connectivity index (χ3n) is 5.12. The first-order chi connectivity index (χ1) is 14.0. The summed E-state index contributed by atoms with van der Waals surface area (Å²) >= 11 is 0. The van der Waals surface area contributed by atoms with Gasteiger partial charge >= 0.3 is 6.03 Å². The number of nitrogens with two attached hydrogens (primary N) is 1. The Labute approximate surface area is 171 Å². The number of benzene rings is 2. The Morgan fingerprint density at radius 3 is 2.66 bits per heavy atom. The Morgan fingerprint density at radius 1 is 1.17 bits per heavy atom. The maximum absolute atomic E-state index is 12.9. The highest BCUT2D eigenvalue weighted by Crippen LogP contribution is 2.26. The van der Waals surface area contributed by atoms with Crippen molar-refractivity contribution < 1.29 is 14.3 Å². The van der Waals surface area contributed by atoms with Crippen LogP contribution in [0, 0.1) is 0 Å². The van der Waals surface area contributed by atoms with E-state index in [0.717, 1.165) is 24.9 Å². The van der Waals surface area contributed by atoms with E-state index in [4.69, 9.17) is 10.5 Å². The zero-order chi connectivity index (χ0) is 20.6. The quantitative estimate of drug-likeness (QED) is 0.670. The number of carbonyl (C=O) groups is 2. The first-order valence-electron chi connectivity index (χ1n) is 9.89. The standard InChI is InChI=1S/C22H28N4O3/c1-24-17-8-6-12-26(15-17)21(27)14-20(25-22(23)28)16-7-5-11-19(13-16)29-18-9-3-2-4-10-18/h2-5,7,9-11,13,17,20,24H,6,8,12,14-15H2,1H3,(H3,23,25,28). The molecule has 0 spiro atoms. The van der Waals surface area contributed by atoms with Crippen LogP contribution in [0.2, 0.25) is 0 Å². The van der Waals surface area contributed by atoms with Crippen LogP contribution in [0.25, 0.3) is 0 Å². The van der Waals surface area contributed by atoms with Crippen LogP contribution in [-0.2, 0) is 4.79 Å². The van der Waals surface area contributed by atoms with E-state index < -0.39 is 12.1 Å². The largest absolute Gasteiger partial charge is 0.457 e. The number of rotatable bonds is 7. The molecule has 2 aromatic rings. The van der Waals surface area contributed by atoms with E-state index in [-0.39, 0.29) is 12.3 Å². The Balaban J connectivity index is 1.73. The zero-order valence-corrected chi connectivity index (χ0v) is 16.6. The van der Waals surface area contributed by atoms with Crippen molar-refractivity contribution in [3.8, 4) is 11.5 Å². The van der Waals surface area contributed by atoms with Gasteiger partial charge in [0, 0.05) is 19.1 Å². The van der Waals surface area contributed by atoms with Crippen LogP contribution >= 0.6 is 0 Å². The summed E-state index contributed by atoms with van der Waals surface area (Å²) in [6, 6.07) is 15.9. The van der Waals surface area contributed by atoms with Gasteiger partial charge in [0.1, 0.15) is 11.5 Å². The number of hydrogen-bond donors (Lipinski definition) is 3. The number of nitrogens with one attached hydrogen (secondary N) is 2. The second-order valence-electron chi connectivity index (χ2n) is 7.22. The van der Waals surface area contributed by atoms with Gasteiger partial charge in [0.15, 0.2) is 0 Å². The Morgan fingerprint density at radius 2 is 1.93 bits per heavy atom. The number of urea groups is 1. The van der Waals surface area contributed by atoms with Gasteiger partial charge in [-0.2, -0.15) is 0 Å². The number of ether oxygens (including phenoxy) is 1. The first kappa shape index (κ1) is 20.7. The van der Waals surface area contributed by atoms with E-state index in [9.17, 15) is 9.59 Å². The molecule has 0 aromatic heterocycles. The van der Waals surface area contributed by atoms with Gasteiger partial charge in [0.2, 0.25) is 5.91 Å². The molecule has 1 aliphatic rings. The molecule has 2 aromatic carbocycles. The summed E-state index contributed by atoms with van der Waals surface area (Å²) in [5, 5.41) is 5.94. The zero-order valence-electron chi connectivity index (χ0n) is 16.6. The molecule has 0 bridgehead atoms. The number of para-hydroxylation sites is 1. The van der Waals surface area contributed by atoms with E-state index in [0.29, 0.717) is 24.1 Å². The minimum atomic E-state index is -0.663. The van der Waals surface area contributed by atoms with E-state index in [1.807, 2.05) is 66.5 Å². The Kier molecular flexibility index (Phi) is 7.08. The molecule has 1 fully saturated rings. The second-order valence-corrected chi connectivity index (χ2v) is 7.22. The maximum Gasteiger partial charge on any atom is 0.312 e. The number of piperidine rings is 1. The third kappa shape index (κ3) is 5.96. The molecule has 1 heterocycles. The van der Waals surface area contributed by atoms with Crippen LogP contribution in [0.4, 0.5) is 4.79 Å². The van der Waals surface area contributed by atoms with Crippen molar-refractivity contribution in [3.63, 3.8) is 0 Å². The summed E-state index contributed by atoms with van der Waals surface area (Å²) in [5.41, 5.74) is 6.14. The van der Waals surface area contributed by atoms with Gasteiger partial charge in [-0.3, -0.25) is 4.79 Å². The van der Waals surface area contributed by atoms with Crippen molar-refractivity contribution in [1.82, 2.24) is 15.5 Å². The predicted octanol–water partition coefficient (Wildman–Crippen LogP) is 2.79. The average molecular weight is 396 g/mol. The summed E-state index contributed by atoms with van der Waals surface area (Å²) < 4.78 is 5.88. The van der Waals surface area contributed by atoms with Gasteiger partial charge in [-0.25, -0.2) is 4.79 Å². The van der Waals surface area contributed by atoms with Crippen molar-refractivity contribution in [2.24, 2.45) is 5.73 Å². The minimum Gasteiger partial charge on any atom is -0.457 e. The molecular weight excluding hydrogens is 368 g/mol. The van der Waals surface area contributed by atoms with Gasteiger partial charge in [-0.05, 0) is 49.7 Å². The number of likely N-dealkylation sites (tertiary alicyclic amines) is 1. The van der Waals surface area contributed by atoms with Crippen LogP contribution in [0.3, 0.4) is 0 Å². The minimum absolute atomic E-state index is 0.00178. The number of likely N-dealkylation sites (N-methyl/N-ethyl adjacent to an activating group) is 1. The summed E-state index contributed by atoms with van der Waals surface area (Å²) in [5.74, 6) is 1.34. The van der Waals surface area contributed by atoms with Crippen molar-refractivity contribution in [3.05, 3.63) is 60.2 Å². The average Bonchev–Trinajstić information content (AvgIpc) is 2.74. The summed E-state index contributed by atoms with van der Waals surface area (Å²) in [6.07, 6.45) is 2.17. The molecule has 0 aliphatic carbocycles. The van der Waals surface area contributed by atoms with E-state index >= 15 is 0 Å². The molecule has 2 atom stereocenters. The second kappa shape index (κ2) is 9.93. The lowest BCUT2D eigenvalue weighted by atomic mass is 10.0. The first-order valence-corrected chi connectivity index (χ1v) is 9.89. The number of primary amides is 1. The molecule has 1 aliphatic heterocycles. The van der Waals surface area contributed by atoms with Crippen molar-refractivity contribution >= 4 is 11.9 Å². The van der Waals surface area contributed by atoms with Gasteiger partial charge in [-0.15, -0.1) is 0 Å². The third-order valence-corrected chi connectivity index (χ3v) is 5.12. The van der Waals surface area contributed by atoms with Crippen LogP contribution in [0.1, 0.15) is 30.9 Å². The lowest BCUT2D eigenvalue weighted by molar-refractivity contribution is -0.133. The lowest BCUT2D eigenvalue weighted by Crippen LogP contribution is -2.48. The number of amides is 3. The fourth-order valence-electron chi connectivity index (χ4n) is 3.59. The topological polar surface area (TPSA) is 96.7 Å². The van der Waals surface area contributed by atoms with E-state index in [1.54, 1.807) is 0 Å².